The van der Waals surface area contributed by atoms with Gasteiger partial charge >= 0.3 is 0 Å². The van der Waals surface area contributed by atoms with E-state index in [1.165, 1.54) is 5.56 Å². The normalized spacial score (nSPS) is 19.8. The lowest BCUT2D eigenvalue weighted by atomic mass is 9.91. The van der Waals surface area contributed by atoms with Crippen molar-refractivity contribution >= 4 is 34.2 Å². The third-order valence-electron chi connectivity index (χ3n) is 4.83. The zero-order chi connectivity index (χ0) is 17.5. The van der Waals surface area contributed by atoms with Crippen molar-refractivity contribution in [2.24, 2.45) is 11.7 Å². The van der Waals surface area contributed by atoms with Crippen LogP contribution in [0.5, 0.6) is 0 Å². The molecular weight excluding hydrogens is 404 g/mol. The van der Waals surface area contributed by atoms with Crippen LogP contribution in [0.25, 0.3) is 0 Å². The van der Waals surface area contributed by atoms with Gasteiger partial charge in [0.05, 0.1) is 0 Å². The summed E-state index contributed by atoms with van der Waals surface area (Å²) in [4.78, 5) is 15.2. The standard InChI is InChI=1S/C19H29BrN2O2.ClH/c1-14(21)18-8-3-4-10-22(18)19(23)16(9-11-24-2)12-15-6-5-7-17(20)13-15;/h5-7,13-14,16,18H,3-4,8-12,21H2,1-2H3;1H. The molecule has 3 unspecified atom stereocenters. The molecule has 3 atom stereocenters. The molecule has 0 aliphatic carbocycles. The Labute approximate surface area is 166 Å². The topological polar surface area (TPSA) is 55.6 Å². The molecule has 6 heteroatoms. The SMILES string of the molecule is COCCC(Cc1cccc(Br)c1)C(=O)N1CCCCC1C(C)N.Cl. The molecule has 1 fully saturated rings. The van der Waals surface area contributed by atoms with E-state index < -0.39 is 0 Å². The van der Waals surface area contributed by atoms with E-state index in [0.717, 1.165) is 43.1 Å². The summed E-state index contributed by atoms with van der Waals surface area (Å²) < 4.78 is 6.29. The number of carbonyl (C=O) groups is 1. The first-order valence-corrected chi connectivity index (χ1v) is 9.61. The molecule has 1 amide bonds. The van der Waals surface area contributed by atoms with Gasteiger partial charge in [0, 0.05) is 42.7 Å². The first kappa shape index (κ1) is 22.4. The summed E-state index contributed by atoms with van der Waals surface area (Å²) in [6.07, 6.45) is 4.72. The molecule has 0 spiro atoms. The van der Waals surface area contributed by atoms with E-state index in [1.807, 2.05) is 24.0 Å². The minimum Gasteiger partial charge on any atom is -0.385 e. The number of carbonyl (C=O) groups excluding carboxylic acids is 1. The van der Waals surface area contributed by atoms with Gasteiger partial charge in [0.15, 0.2) is 0 Å². The first-order chi connectivity index (χ1) is 11.5. The molecule has 142 valence electrons. The number of hydrogen-bond donors (Lipinski definition) is 1. The summed E-state index contributed by atoms with van der Waals surface area (Å²) in [6.45, 7) is 3.43. The molecule has 2 rings (SSSR count). The molecule has 1 aromatic carbocycles. The molecule has 1 aliphatic heterocycles. The maximum atomic E-state index is 13.2. The fourth-order valence-corrected chi connectivity index (χ4v) is 3.98. The molecule has 1 saturated heterocycles. The van der Waals surface area contributed by atoms with Crippen LogP contribution in [0.15, 0.2) is 28.7 Å². The van der Waals surface area contributed by atoms with E-state index >= 15 is 0 Å². The fourth-order valence-electron chi connectivity index (χ4n) is 3.53. The van der Waals surface area contributed by atoms with Crippen LogP contribution < -0.4 is 5.73 Å². The van der Waals surface area contributed by atoms with Crippen LogP contribution >= 0.6 is 28.3 Å². The van der Waals surface area contributed by atoms with E-state index in [1.54, 1.807) is 7.11 Å². The van der Waals surface area contributed by atoms with Gasteiger partial charge in [-0.25, -0.2) is 0 Å². The average molecular weight is 434 g/mol. The number of ether oxygens (including phenoxy) is 1. The minimum absolute atomic E-state index is 0. The molecule has 0 saturated carbocycles. The van der Waals surface area contributed by atoms with E-state index in [0.29, 0.717) is 6.61 Å². The highest BCUT2D eigenvalue weighted by atomic mass is 79.9. The van der Waals surface area contributed by atoms with Crippen molar-refractivity contribution in [2.45, 2.75) is 51.1 Å². The first-order valence-electron chi connectivity index (χ1n) is 8.82. The Morgan fingerprint density at radius 1 is 1.44 bits per heavy atom. The molecule has 0 aromatic heterocycles. The van der Waals surface area contributed by atoms with Crippen molar-refractivity contribution in [1.29, 1.82) is 0 Å². The smallest absolute Gasteiger partial charge is 0.226 e. The van der Waals surface area contributed by atoms with Gasteiger partial charge in [-0.2, -0.15) is 0 Å². The second-order valence-electron chi connectivity index (χ2n) is 6.77. The number of methoxy groups -OCH3 is 1. The Hall–Kier alpha value is -0.620. The summed E-state index contributed by atoms with van der Waals surface area (Å²) in [5, 5.41) is 0. The maximum Gasteiger partial charge on any atom is 0.226 e. The highest BCUT2D eigenvalue weighted by molar-refractivity contribution is 9.10. The second-order valence-corrected chi connectivity index (χ2v) is 7.68. The molecule has 0 radical (unpaired) electrons. The Morgan fingerprint density at radius 2 is 2.20 bits per heavy atom. The minimum atomic E-state index is -0.0569. The number of nitrogens with two attached hydrogens (primary N) is 1. The number of piperidine rings is 1. The van der Waals surface area contributed by atoms with E-state index in [-0.39, 0.29) is 36.3 Å². The van der Waals surface area contributed by atoms with Crippen LogP contribution in [0.3, 0.4) is 0 Å². The summed E-state index contributed by atoms with van der Waals surface area (Å²) in [7, 11) is 1.69. The Balaban J connectivity index is 0.00000312. The van der Waals surface area contributed by atoms with Gasteiger partial charge in [0.25, 0.3) is 0 Å². The summed E-state index contributed by atoms with van der Waals surface area (Å²) in [5.41, 5.74) is 7.32. The van der Waals surface area contributed by atoms with Gasteiger partial charge in [0.1, 0.15) is 0 Å². The summed E-state index contributed by atoms with van der Waals surface area (Å²) >= 11 is 3.51. The van der Waals surface area contributed by atoms with Crippen LogP contribution in [0.4, 0.5) is 0 Å². The number of nitrogens with zero attached hydrogens (tertiary/aromatic N) is 1. The number of halogens is 2. The van der Waals surface area contributed by atoms with Gasteiger partial charge in [-0.05, 0) is 56.7 Å². The molecule has 1 heterocycles. The zero-order valence-corrected chi connectivity index (χ0v) is 17.5. The Kier molecular flexibility index (Phi) is 10.0. The largest absolute Gasteiger partial charge is 0.385 e. The van der Waals surface area contributed by atoms with E-state index in [4.69, 9.17) is 10.5 Å². The lowest BCUT2D eigenvalue weighted by Gasteiger charge is -2.40. The molecule has 25 heavy (non-hydrogen) atoms. The van der Waals surface area contributed by atoms with Crippen molar-refractivity contribution in [3.8, 4) is 0 Å². The average Bonchev–Trinajstić information content (AvgIpc) is 2.58. The molecule has 2 N–H and O–H groups in total. The number of rotatable bonds is 7. The third kappa shape index (κ3) is 6.55. The lowest BCUT2D eigenvalue weighted by Crippen LogP contribution is -2.53. The maximum absolute atomic E-state index is 13.2. The second kappa shape index (κ2) is 11.2. The van der Waals surface area contributed by atoms with Crippen LogP contribution in [0, 0.1) is 5.92 Å². The van der Waals surface area contributed by atoms with Crippen molar-refractivity contribution in [2.75, 3.05) is 20.3 Å². The van der Waals surface area contributed by atoms with Gasteiger partial charge in [-0.15, -0.1) is 12.4 Å². The number of likely N-dealkylation sites (tertiary alicyclic amines) is 1. The van der Waals surface area contributed by atoms with Crippen molar-refractivity contribution < 1.29 is 9.53 Å². The summed E-state index contributed by atoms with van der Waals surface area (Å²) in [5.74, 6) is 0.174. The molecule has 1 aliphatic rings. The van der Waals surface area contributed by atoms with Gasteiger partial charge in [-0.1, -0.05) is 28.1 Å². The number of benzene rings is 1. The van der Waals surface area contributed by atoms with Crippen LogP contribution in [-0.2, 0) is 16.0 Å². The van der Waals surface area contributed by atoms with Crippen LogP contribution in [0.2, 0.25) is 0 Å². The third-order valence-corrected chi connectivity index (χ3v) is 5.32. The molecule has 4 nitrogen and oxygen atoms in total. The van der Waals surface area contributed by atoms with Gasteiger partial charge < -0.3 is 15.4 Å². The number of amides is 1. The predicted octanol–water partition coefficient (Wildman–Crippen LogP) is 3.79. The van der Waals surface area contributed by atoms with Crippen molar-refractivity contribution in [3.63, 3.8) is 0 Å². The summed E-state index contributed by atoms with van der Waals surface area (Å²) in [6, 6.07) is 8.38. The van der Waals surface area contributed by atoms with E-state index in [2.05, 4.69) is 28.1 Å². The molecule has 0 bridgehead atoms. The lowest BCUT2D eigenvalue weighted by molar-refractivity contribution is -0.140. The molecular formula is C19H30BrClN2O2. The molecule has 1 aromatic rings. The zero-order valence-electron chi connectivity index (χ0n) is 15.1. The highest BCUT2D eigenvalue weighted by Crippen LogP contribution is 2.25. The highest BCUT2D eigenvalue weighted by Gasteiger charge is 2.33. The Morgan fingerprint density at radius 3 is 2.84 bits per heavy atom. The number of hydrogen-bond acceptors (Lipinski definition) is 3. The van der Waals surface area contributed by atoms with E-state index in [9.17, 15) is 4.79 Å². The van der Waals surface area contributed by atoms with Crippen molar-refractivity contribution in [3.05, 3.63) is 34.3 Å². The predicted molar refractivity (Wildman–Crippen MR) is 108 cm³/mol. The van der Waals surface area contributed by atoms with Gasteiger partial charge in [0.2, 0.25) is 5.91 Å². The quantitative estimate of drug-likeness (QED) is 0.711. The van der Waals surface area contributed by atoms with Crippen molar-refractivity contribution in [1.82, 2.24) is 4.90 Å². The monoisotopic (exact) mass is 432 g/mol. The van der Waals surface area contributed by atoms with Crippen LogP contribution in [-0.4, -0.2) is 43.2 Å². The fraction of sp³-hybridized carbons (Fsp3) is 0.632. The Bertz CT molecular complexity index is 542. The van der Waals surface area contributed by atoms with Gasteiger partial charge in [-0.3, -0.25) is 4.79 Å². The van der Waals surface area contributed by atoms with Crippen LogP contribution in [0.1, 0.15) is 38.2 Å².